The summed E-state index contributed by atoms with van der Waals surface area (Å²) in [7, 11) is 5.20. The molecule has 8 aromatic rings. The molecule has 1 aliphatic heterocycles. The Bertz CT molecular complexity index is 2730. The van der Waals surface area contributed by atoms with Gasteiger partial charge in [-0.1, -0.05) is 182 Å². The number of nitrogens with zero attached hydrogens (tertiary/aromatic N) is 3. The molecule has 9 nitrogen and oxygen atoms in total. The number of nitrogen functional groups attached to an aromatic ring is 1. The van der Waals surface area contributed by atoms with Gasteiger partial charge in [0.1, 0.15) is 10.6 Å². The van der Waals surface area contributed by atoms with E-state index in [-0.39, 0.29) is 40.2 Å². The van der Waals surface area contributed by atoms with Gasteiger partial charge >= 0.3 is 35.0 Å². The van der Waals surface area contributed by atoms with Gasteiger partial charge in [-0.3, -0.25) is 4.79 Å². The molecule has 0 radical (unpaired) electrons. The fraction of sp³-hybridized carbons (Fsp3) is 0.190. The molecule has 3 N–H and O–H groups in total. The standard InChI is InChI=1S/C22H29N5O4S.2C18H15P.2ClH.Pd/c1-15-14-31-11-10-27(15)20-13-19(25-21(26-20)17-3-5-18(23)6-4-17)22(7-8-22)32(29,30)12-9-24-16(2)28;2*1-4-10-16(11-5-1)19(17-12-6-2-7-13-17)18-14-8-3-9-15-18;;;/h3-6,13,15H,7-12,14,23H2,1-2H3,(H,24,28);2*1-15H;2*1H;/q;;;;;+2/p-2/t15-;;;;;/m0...../s1. The summed E-state index contributed by atoms with van der Waals surface area (Å²) in [4.78, 5) is 22.8. The van der Waals surface area contributed by atoms with Gasteiger partial charge in [0.25, 0.3) is 0 Å². The van der Waals surface area contributed by atoms with E-state index in [1.807, 2.05) is 18.2 Å². The quantitative estimate of drug-likeness (QED) is 0.0664. The zero-order valence-electron chi connectivity index (χ0n) is 40.7. The Morgan fingerprint density at radius 1 is 0.671 bits per heavy atom. The molecule has 7 aromatic carbocycles. The van der Waals surface area contributed by atoms with Crippen LogP contribution in [0, 0.1) is 0 Å². The number of nitrogens with one attached hydrogen (secondary N) is 1. The smallest absolute Gasteiger partial charge is 0.0134 e. The predicted molar refractivity (Wildman–Crippen MR) is 305 cm³/mol. The zero-order valence-corrected chi connectivity index (χ0v) is 46.3. The van der Waals surface area contributed by atoms with Crippen LogP contribution >= 0.6 is 34.9 Å². The first-order chi connectivity index (χ1) is 35.5. The number of amides is 1. The Morgan fingerprint density at radius 2 is 1.05 bits per heavy atom. The van der Waals surface area contributed by atoms with E-state index in [0.29, 0.717) is 55.6 Å². The maximum atomic E-state index is 13.3. The van der Waals surface area contributed by atoms with Gasteiger partial charge in [0.2, 0.25) is 5.91 Å². The van der Waals surface area contributed by atoms with Crippen LogP contribution in [0.15, 0.2) is 212 Å². The minimum absolute atomic E-state index is 0.0860. The molecule has 1 amide bonds. The molecule has 1 saturated heterocycles. The van der Waals surface area contributed by atoms with E-state index in [2.05, 4.69) is 199 Å². The van der Waals surface area contributed by atoms with Crippen LogP contribution in [0.25, 0.3) is 11.4 Å². The van der Waals surface area contributed by atoms with Crippen LogP contribution in [0.5, 0.6) is 0 Å². The number of nitrogens with two attached hydrogens (primary N) is 1. The normalized spacial score (nSPS) is 14.6. The van der Waals surface area contributed by atoms with Crippen molar-refractivity contribution in [2.45, 2.75) is 37.5 Å². The average molecular weight is 1160 g/mol. The van der Waals surface area contributed by atoms with Gasteiger partial charge in [-0.15, -0.1) is 0 Å². The van der Waals surface area contributed by atoms with Crippen molar-refractivity contribution in [3.8, 4) is 11.4 Å². The van der Waals surface area contributed by atoms with Gasteiger partial charge in [0.05, 0.1) is 30.7 Å². The molecular weight excluding hydrogens is 1100 g/mol. The molecule has 1 saturated carbocycles. The first-order valence-corrected chi connectivity index (χ1v) is 32.2. The second-order valence-corrected chi connectivity index (χ2v) is 26.4. The monoisotopic (exact) mass is 1160 g/mol. The number of anilines is 2. The summed E-state index contributed by atoms with van der Waals surface area (Å²) < 4.78 is 31.1. The first kappa shape index (κ1) is 55.5. The number of carbonyl (C=O) groups excluding carboxylic acids is 1. The van der Waals surface area contributed by atoms with Gasteiger partial charge in [-0.2, -0.15) is 0 Å². The fourth-order valence-electron chi connectivity index (χ4n) is 8.40. The van der Waals surface area contributed by atoms with Crippen molar-refractivity contribution in [1.29, 1.82) is 0 Å². The SMILES string of the molecule is CC(=O)NCCS(=O)(=O)C1(c2cc(N3CCOC[C@@H]3C)nc(-c3ccc(N)cc3)n2)CC1.[Cl][Pd][Cl].c1ccc(P(c2ccccc2)c2ccccc2)cc1.c1ccc(P(c2ccccc2)c2ccccc2)cc1. The van der Waals surface area contributed by atoms with Gasteiger partial charge in [0, 0.05) is 37.3 Å². The number of hydrogen-bond donors (Lipinski definition) is 2. The summed E-state index contributed by atoms with van der Waals surface area (Å²) in [5.41, 5.74) is 7.75. The van der Waals surface area contributed by atoms with Gasteiger partial charge in [-0.05, 0) is 91.7 Å². The van der Waals surface area contributed by atoms with Gasteiger partial charge < -0.3 is 20.7 Å². The second-order valence-electron chi connectivity index (χ2n) is 17.2. The van der Waals surface area contributed by atoms with E-state index in [0.717, 1.165) is 5.56 Å². The number of halogens is 2. The number of ether oxygens (including phenoxy) is 1. The van der Waals surface area contributed by atoms with E-state index < -0.39 is 30.4 Å². The molecular formula is C58H59Cl2N5O4P2PdS. The summed E-state index contributed by atoms with van der Waals surface area (Å²) in [6.45, 7) is 5.35. The van der Waals surface area contributed by atoms with Crippen molar-refractivity contribution in [2.24, 2.45) is 0 Å². The Hall–Kier alpha value is -5.30. The van der Waals surface area contributed by atoms with Crippen molar-refractivity contribution in [1.82, 2.24) is 15.3 Å². The van der Waals surface area contributed by atoms with Crippen LogP contribution in [0.1, 0.15) is 32.4 Å². The van der Waals surface area contributed by atoms with E-state index in [9.17, 15) is 13.2 Å². The van der Waals surface area contributed by atoms with E-state index in [1.54, 1.807) is 12.1 Å². The molecule has 380 valence electrons. The van der Waals surface area contributed by atoms with E-state index in [1.165, 1.54) is 38.8 Å². The number of benzene rings is 7. The van der Waals surface area contributed by atoms with Crippen molar-refractivity contribution in [2.75, 3.05) is 42.7 Å². The van der Waals surface area contributed by atoms with Crippen LogP contribution in [0.3, 0.4) is 0 Å². The number of hydrogen-bond acceptors (Lipinski definition) is 8. The first-order valence-electron chi connectivity index (χ1n) is 23.8. The minimum atomic E-state index is -3.53. The van der Waals surface area contributed by atoms with Crippen molar-refractivity contribution < 1.29 is 33.9 Å². The summed E-state index contributed by atoms with van der Waals surface area (Å²) in [6, 6.07) is 73.8. The summed E-state index contributed by atoms with van der Waals surface area (Å²) in [5.74, 6) is 0.790. The average Bonchev–Trinajstić information content (AvgIpc) is 4.25. The molecule has 15 heteroatoms. The molecule has 2 aliphatic rings. The van der Waals surface area contributed by atoms with Gasteiger partial charge in [-0.25, -0.2) is 18.4 Å². The van der Waals surface area contributed by atoms with E-state index in [4.69, 9.17) is 39.5 Å². The molecule has 73 heavy (non-hydrogen) atoms. The van der Waals surface area contributed by atoms with Crippen molar-refractivity contribution in [3.05, 3.63) is 218 Å². The number of aromatic nitrogens is 2. The molecule has 10 rings (SSSR count). The Labute approximate surface area is 449 Å². The molecule has 1 aromatic heterocycles. The Balaban J connectivity index is 0.000000164. The maximum Gasteiger partial charge on any atom is -0.0134 e. The summed E-state index contributed by atoms with van der Waals surface area (Å²) in [5, 5.41) is 11.0. The molecule has 1 atom stereocenters. The molecule has 0 spiro atoms. The summed E-state index contributed by atoms with van der Waals surface area (Å²) >= 11 is -0.106. The largest absolute Gasteiger partial charge is 0.0622 e. The maximum absolute atomic E-state index is 13.3. The number of carbonyl (C=O) groups is 1. The van der Waals surface area contributed by atoms with Crippen LogP contribution < -0.4 is 47.8 Å². The Kier molecular flexibility index (Phi) is 21.1. The number of rotatable bonds is 13. The van der Waals surface area contributed by atoms with Crippen molar-refractivity contribution in [3.63, 3.8) is 0 Å². The van der Waals surface area contributed by atoms with Gasteiger partial charge in [0.15, 0.2) is 15.7 Å². The van der Waals surface area contributed by atoms with Crippen molar-refractivity contribution >= 4 is 94.0 Å². The third-order valence-corrected chi connectivity index (χ3v) is 19.6. The predicted octanol–water partition coefficient (Wildman–Crippen LogP) is 9.76. The van der Waals surface area contributed by atoms with Crippen LogP contribution in [0.2, 0.25) is 0 Å². The molecule has 0 bridgehead atoms. The zero-order chi connectivity index (χ0) is 51.5. The number of morpholine rings is 1. The second kappa shape index (κ2) is 27.8. The number of sulfone groups is 1. The minimum Gasteiger partial charge on any atom is -0.0622 e. The topological polar surface area (TPSA) is 128 Å². The van der Waals surface area contributed by atoms with Crippen LogP contribution in [-0.2, 0) is 40.1 Å². The van der Waals surface area contributed by atoms with Crippen LogP contribution in [-0.4, -0.2) is 62.4 Å². The fourth-order valence-corrected chi connectivity index (χ4v) is 14.9. The van der Waals surface area contributed by atoms with Crippen LogP contribution in [0.4, 0.5) is 11.5 Å². The third kappa shape index (κ3) is 15.4. The van der Waals surface area contributed by atoms with E-state index >= 15 is 0 Å². The molecule has 2 fully saturated rings. The summed E-state index contributed by atoms with van der Waals surface area (Å²) in [6.07, 6.45) is 1.01. The molecule has 2 heterocycles. The molecule has 1 aliphatic carbocycles. The molecule has 0 unspecified atom stereocenters. The third-order valence-electron chi connectivity index (χ3n) is 12.1. The Morgan fingerprint density at radius 3 is 1.40 bits per heavy atom.